The zero-order valence-corrected chi connectivity index (χ0v) is 10.8. The molecular formula is C13H12INO. The number of hydrogen-bond donors (Lipinski definition) is 2. The van der Waals surface area contributed by atoms with Crippen LogP contribution in [0.2, 0.25) is 0 Å². The average molecular weight is 325 g/mol. The summed E-state index contributed by atoms with van der Waals surface area (Å²) in [4.78, 5) is 0. The zero-order chi connectivity index (χ0) is 11.4. The molecule has 0 unspecified atom stereocenters. The first kappa shape index (κ1) is 11.3. The van der Waals surface area contributed by atoms with Gasteiger partial charge in [0.2, 0.25) is 0 Å². The Labute approximate surface area is 108 Å². The summed E-state index contributed by atoms with van der Waals surface area (Å²) in [5, 5.41) is 12.7. The standard InChI is InChI=1S/C13H12INO/c14-12-6-1-2-7-13(12)15-9-10-4-3-5-11(16)8-10/h1-8,15-16H,9H2. The van der Waals surface area contributed by atoms with E-state index in [0.717, 1.165) is 11.3 Å². The minimum atomic E-state index is 0.307. The molecule has 0 saturated carbocycles. The first-order valence-electron chi connectivity index (χ1n) is 5.02. The molecule has 0 heterocycles. The lowest BCUT2D eigenvalue weighted by Crippen LogP contribution is -2.00. The first-order valence-corrected chi connectivity index (χ1v) is 6.10. The first-order chi connectivity index (χ1) is 7.75. The molecule has 2 rings (SSSR count). The lowest BCUT2D eigenvalue weighted by Gasteiger charge is -2.08. The van der Waals surface area contributed by atoms with E-state index in [9.17, 15) is 5.11 Å². The quantitative estimate of drug-likeness (QED) is 0.845. The number of halogens is 1. The molecule has 0 aliphatic heterocycles. The second-order valence-corrected chi connectivity index (χ2v) is 4.67. The Morgan fingerprint density at radius 3 is 2.62 bits per heavy atom. The maximum atomic E-state index is 9.34. The van der Waals surface area contributed by atoms with Crippen molar-refractivity contribution in [2.75, 3.05) is 5.32 Å². The van der Waals surface area contributed by atoms with Gasteiger partial charge in [-0.3, -0.25) is 0 Å². The van der Waals surface area contributed by atoms with E-state index in [-0.39, 0.29) is 0 Å². The molecule has 82 valence electrons. The highest BCUT2D eigenvalue weighted by Crippen LogP contribution is 2.18. The Hall–Kier alpha value is -1.23. The average Bonchev–Trinajstić information content (AvgIpc) is 2.28. The zero-order valence-electron chi connectivity index (χ0n) is 8.65. The summed E-state index contributed by atoms with van der Waals surface area (Å²) in [6.07, 6.45) is 0. The van der Waals surface area contributed by atoms with E-state index in [4.69, 9.17) is 0 Å². The molecule has 0 bridgehead atoms. The molecule has 2 aromatic rings. The smallest absolute Gasteiger partial charge is 0.115 e. The second kappa shape index (κ2) is 5.21. The molecule has 0 fully saturated rings. The lowest BCUT2D eigenvalue weighted by molar-refractivity contribution is 0.474. The van der Waals surface area contributed by atoms with Crippen LogP contribution in [0.1, 0.15) is 5.56 Å². The van der Waals surface area contributed by atoms with Gasteiger partial charge >= 0.3 is 0 Å². The number of rotatable bonds is 3. The minimum absolute atomic E-state index is 0.307. The van der Waals surface area contributed by atoms with Crippen molar-refractivity contribution >= 4 is 28.3 Å². The van der Waals surface area contributed by atoms with E-state index in [2.05, 4.69) is 34.0 Å². The molecular weight excluding hydrogens is 313 g/mol. The molecule has 2 nitrogen and oxygen atoms in total. The van der Waals surface area contributed by atoms with Gasteiger partial charge in [0.1, 0.15) is 5.75 Å². The third-order valence-electron chi connectivity index (χ3n) is 2.27. The molecule has 0 amide bonds. The summed E-state index contributed by atoms with van der Waals surface area (Å²) < 4.78 is 1.19. The topological polar surface area (TPSA) is 32.3 Å². The number of phenolic OH excluding ortho intramolecular Hbond substituents is 1. The van der Waals surface area contributed by atoms with Gasteiger partial charge in [0.15, 0.2) is 0 Å². The van der Waals surface area contributed by atoms with Gasteiger partial charge in [-0.1, -0.05) is 24.3 Å². The van der Waals surface area contributed by atoms with E-state index >= 15 is 0 Å². The van der Waals surface area contributed by atoms with E-state index in [0.29, 0.717) is 12.3 Å². The lowest BCUT2D eigenvalue weighted by atomic mass is 10.2. The summed E-state index contributed by atoms with van der Waals surface area (Å²) in [6, 6.07) is 15.4. The molecule has 0 atom stereocenters. The van der Waals surface area contributed by atoms with Crippen LogP contribution in [0.4, 0.5) is 5.69 Å². The molecule has 0 saturated heterocycles. The molecule has 0 aliphatic carbocycles. The molecule has 2 N–H and O–H groups in total. The molecule has 2 aromatic carbocycles. The van der Waals surface area contributed by atoms with Crippen LogP contribution in [-0.2, 0) is 6.54 Å². The number of aromatic hydroxyl groups is 1. The summed E-state index contributed by atoms with van der Waals surface area (Å²) >= 11 is 2.30. The number of phenols is 1. The largest absolute Gasteiger partial charge is 0.508 e. The van der Waals surface area contributed by atoms with Gasteiger partial charge in [-0.05, 0) is 52.4 Å². The van der Waals surface area contributed by atoms with Gasteiger partial charge in [-0.15, -0.1) is 0 Å². The Kier molecular flexibility index (Phi) is 3.66. The van der Waals surface area contributed by atoms with Crippen LogP contribution >= 0.6 is 22.6 Å². The van der Waals surface area contributed by atoms with Crippen molar-refractivity contribution in [3.8, 4) is 5.75 Å². The van der Waals surface area contributed by atoms with Gasteiger partial charge in [-0.25, -0.2) is 0 Å². The van der Waals surface area contributed by atoms with Crippen LogP contribution in [0.25, 0.3) is 0 Å². The predicted octanol–water partition coefficient (Wildman–Crippen LogP) is 3.61. The summed E-state index contributed by atoms with van der Waals surface area (Å²) in [7, 11) is 0. The normalized spacial score (nSPS) is 10.1. The van der Waals surface area contributed by atoms with Crippen LogP contribution in [0.15, 0.2) is 48.5 Å². The van der Waals surface area contributed by atoms with E-state index < -0.39 is 0 Å². The number of benzene rings is 2. The Bertz CT molecular complexity index is 485. The molecule has 16 heavy (non-hydrogen) atoms. The number of nitrogens with one attached hydrogen (secondary N) is 1. The van der Waals surface area contributed by atoms with Gasteiger partial charge in [-0.2, -0.15) is 0 Å². The SMILES string of the molecule is Oc1cccc(CNc2ccccc2I)c1. The number of para-hydroxylation sites is 1. The number of hydrogen-bond acceptors (Lipinski definition) is 2. The van der Waals surface area contributed by atoms with E-state index in [1.807, 2.05) is 30.3 Å². The van der Waals surface area contributed by atoms with Crippen molar-refractivity contribution in [1.29, 1.82) is 0 Å². The summed E-state index contributed by atoms with van der Waals surface area (Å²) in [6.45, 7) is 0.717. The second-order valence-electron chi connectivity index (χ2n) is 3.50. The minimum Gasteiger partial charge on any atom is -0.508 e. The summed E-state index contributed by atoms with van der Waals surface area (Å²) in [5.41, 5.74) is 2.19. The van der Waals surface area contributed by atoms with Gasteiger partial charge < -0.3 is 10.4 Å². The van der Waals surface area contributed by atoms with Crippen LogP contribution in [0, 0.1) is 3.57 Å². The molecule has 0 spiro atoms. The summed E-state index contributed by atoms with van der Waals surface area (Å²) in [5.74, 6) is 0.307. The molecule has 0 aliphatic rings. The highest BCUT2D eigenvalue weighted by Gasteiger charge is 1.98. The van der Waals surface area contributed by atoms with Crippen molar-refractivity contribution in [3.05, 3.63) is 57.7 Å². The van der Waals surface area contributed by atoms with Crippen LogP contribution in [0.3, 0.4) is 0 Å². The fourth-order valence-electron chi connectivity index (χ4n) is 1.47. The van der Waals surface area contributed by atoms with Crippen LogP contribution in [0.5, 0.6) is 5.75 Å². The fraction of sp³-hybridized carbons (Fsp3) is 0.0769. The Morgan fingerprint density at radius 2 is 1.88 bits per heavy atom. The molecule has 3 heteroatoms. The highest BCUT2D eigenvalue weighted by molar-refractivity contribution is 14.1. The third-order valence-corrected chi connectivity index (χ3v) is 3.21. The number of anilines is 1. The van der Waals surface area contributed by atoms with Crippen molar-refractivity contribution in [3.63, 3.8) is 0 Å². The van der Waals surface area contributed by atoms with E-state index in [1.54, 1.807) is 12.1 Å². The maximum Gasteiger partial charge on any atom is 0.115 e. The molecule has 0 radical (unpaired) electrons. The van der Waals surface area contributed by atoms with Crippen molar-refractivity contribution in [2.24, 2.45) is 0 Å². The third kappa shape index (κ3) is 2.88. The van der Waals surface area contributed by atoms with Gasteiger partial charge in [0.25, 0.3) is 0 Å². The van der Waals surface area contributed by atoms with Crippen LogP contribution < -0.4 is 5.32 Å². The van der Waals surface area contributed by atoms with Crippen molar-refractivity contribution < 1.29 is 5.11 Å². The van der Waals surface area contributed by atoms with Gasteiger partial charge in [0.05, 0.1) is 0 Å². The van der Waals surface area contributed by atoms with Crippen molar-refractivity contribution in [1.82, 2.24) is 0 Å². The fourth-order valence-corrected chi connectivity index (χ4v) is 2.05. The maximum absolute atomic E-state index is 9.34. The predicted molar refractivity (Wildman–Crippen MR) is 74.6 cm³/mol. The molecule has 0 aromatic heterocycles. The van der Waals surface area contributed by atoms with Crippen molar-refractivity contribution in [2.45, 2.75) is 6.54 Å². The highest BCUT2D eigenvalue weighted by atomic mass is 127. The van der Waals surface area contributed by atoms with Gasteiger partial charge in [0, 0.05) is 15.8 Å². The van der Waals surface area contributed by atoms with Crippen LogP contribution in [-0.4, -0.2) is 5.11 Å². The Morgan fingerprint density at radius 1 is 1.06 bits per heavy atom. The Balaban J connectivity index is 2.05. The van der Waals surface area contributed by atoms with E-state index in [1.165, 1.54) is 3.57 Å². The monoisotopic (exact) mass is 325 g/mol.